The summed E-state index contributed by atoms with van der Waals surface area (Å²) in [6.45, 7) is 6.72. The molecule has 138 valence electrons. The Hall–Kier alpha value is -2.44. The van der Waals surface area contributed by atoms with Gasteiger partial charge in [-0.25, -0.2) is 9.97 Å². The number of benzene rings is 1. The zero-order valence-corrected chi connectivity index (χ0v) is 16.8. The summed E-state index contributed by atoms with van der Waals surface area (Å²) in [5.74, 6) is 1.16. The Morgan fingerprint density at radius 2 is 2.00 bits per heavy atom. The van der Waals surface area contributed by atoms with E-state index in [2.05, 4.69) is 41.3 Å². The van der Waals surface area contributed by atoms with Gasteiger partial charge in [-0.2, -0.15) is 0 Å². The molecule has 0 unspecified atom stereocenters. The highest BCUT2D eigenvalue weighted by molar-refractivity contribution is 7.17. The van der Waals surface area contributed by atoms with Gasteiger partial charge in [-0.05, 0) is 22.4 Å². The molecule has 1 aromatic carbocycles. The average molecular weight is 400 g/mol. The van der Waals surface area contributed by atoms with Crippen LogP contribution in [0.15, 0.2) is 46.6 Å². The molecule has 0 bridgehead atoms. The van der Waals surface area contributed by atoms with E-state index in [4.69, 9.17) is 20.9 Å². The van der Waals surface area contributed by atoms with Crippen molar-refractivity contribution in [2.75, 3.05) is 0 Å². The van der Waals surface area contributed by atoms with Crippen LogP contribution in [0.2, 0.25) is 5.02 Å². The van der Waals surface area contributed by atoms with Crippen molar-refractivity contribution in [2.24, 2.45) is 0 Å². The van der Waals surface area contributed by atoms with Crippen LogP contribution in [0.1, 0.15) is 32.1 Å². The maximum absolute atomic E-state index is 6.23. The number of rotatable bonds is 4. The van der Waals surface area contributed by atoms with Crippen LogP contribution in [0.3, 0.4) is 0 Å². The van der Waals surface area contributed by atoms with Crippen LogP contribution < -0.4 is 4.74 Å². The molecule has 4 rings (SSSR count). The lowest BCUT2D eigenvalue weighted by Crippen LogP contribution is -2.11. The second-order valence-electron chi connectivity index (χ2n) is 7.21. The van der Waals surface area contributed by atoms with E-state index in [1.165, 1.54) is 11.9 Å². The second-order valence-corrected chi connectivity index (χ2v) is 8.47. The quantitative estimate of drug-likeness (QED) is 0.429. The molecule has 0 aliphatic heterocycles. The van der Waals surface area contributed by atoms with Gasteiger partial charge in [-0.15, -0.1) is 11.3 Å². The highest BCUT2D eigenvalue weighted by atomic mass is 35.5. The van der Waals surface area contributed by atoms with E-state index < -0.39 is 0 Å². The van der Waals surface area contributed by atoms with Crippen LogP contribution in [-0.2, 0) is 12.0 Å². The number of ether oxygens (including phenoxy) is 1. The number of fused-ring (bicyclic) bond motifs is 1. The molecule has 0 saturated heterocycles. The first-order valence-electron chi connectivity index (χ1n) is 8.49. The highest BCUT2D eigenvalue weighted by Gasteiger charge is 2.22. The van der Waals surface area contributed by atoms with E-state index in [-0.39, 0.29) is 12.0 Å². The summed E-state index contributed by atoms with van der Waals surface area (Å²) in [5.41, 5.74) is 2.65. The van der Waals surface area contributed by atoms with Gasteiger partial charge in [0, 0.05) is 11.6 Å². The first kappa shape index (κ1) is 17.9. The van der Waals surface area contributed by atoms with E-state index >= 15 is 0 Å². The second kappa shape index (κ2) is 6.94. The lowest BCUT2D eigenvalue weighted by molar-refractivity contribution is 0.244. The molecule has 0 aliphatic rings. The number of nitrogens with zero attached hydrogens (tertiary/aromatic N) is 3. The van der Waals surface area contributed by atoms with Crippen molar-refractivity contribution in [3.63, 3.8) is 0 Å². The molecule has 7 heteroatoms. The van der Waals surface area contributed by atoms with Crippen LogP contribution in [0.5, 0.6) is 5.88 Å². The number of halogens is 1. The third kappa shape index (κ3) is 3.55. The molecule has 0 aliphatic carbocycles. The smallest absolute Gasteiger partial charge is 0.226 e. The maximum Gasteiger partial charge on any atom is 0.226 e. The lowest BCUT2D eigenvalue weighted by Gasteiger charge is -2.18. The van der Waals surface area contributed by atoms with Gasteiger partial charge >= 0.3 is 0 Å². The largest absolute Gasteiger partial charge is 0.469 e. The Morgan fingerprint density at radius 3 is 2.78 bits per heavy atom. The fourth-order valence-corrected chi connectivity index (χ4v) is 4.18. The van der Waals surface area contributed by atoms with Gasteiger partial charge in [-0.3, -0.25) is 0 Å². The molecule has 0 radical (unpaired) electrons. The van der Waals surface area contributed by atoms with Gasteiger partial charge in [0.15, 0.2) is 12.4 Å². The molecule has 3 heterocycles. The van der Waals surface area contributed by atoms with Gasteiger partial charge in [0.1, 0.15) is 16.9 Å². The summed E-state index contributed by atoms with van der Waals surface area (Å²) >= 11 is 7.82. The monoisotopic (exact) mass is 399 g/mol. The molecule has 0 amide bonds. The summed E-state index contributed by atoms with van der Waals surface area (Å²) in [7, 11) is 0. The van der Waals surface area contributed by atoms with Crippen LogP contribution in [0, 0.1) is 0 Å². The Balaban J connectivity index is 1.60. The number of thiophene rings is 1. The van der Waals surface area contributed by atoms with E-state index in [9.17, 15) is 0 Å². The minimum atomic E-state index is -0.0233. The average Bonchev–Trinajstić information content (AvgIpc) is 3.27. The van der Waals surface area contributed by atoms with Gasteiger partial charge in [0.05, 0.1) is 10.4 Å². The first-order valence-corrected chi connectivity index (χ1v) is 9.75. The first-order chi connectivity index (χ1) is 12.9. The topological polar surface area (TPSA) is 61.0 Å². The van der Waals surface area contributed by atoms with E-state index in [1.807, 2.05) is 30.3 Å². The summed E-state index contributed by atoms with van der Waals surface area (Å²) < 4.78 is 11.4. The molecular formula is C20H18ClN3O2S. The zero-order valence-electron chi connectivity index (χ0n) is 15.2. The fourth-order valence-electron chi connectivity index (χ4n) is 2.83. The summed E-state index contributed by atoms with van der Waals surface area (Å²) in [5, 5.41) is 7.81. The number of hydrogen-bond acceptors (Lipinski definition) is 6. The van der Waals surface area contributed by atoms with E-state index in [1.54, 1.807) is 11.3 Å². The number of hydrogen-bond donors (Lipinski definition) is 0. The van der Waals surface area contributed by atoms with Gasteiger partial charge in [0.2, 0.25) is 5.88 Å². The standard InChI is InChI=1S/C20H18ClN3O2S/c1-20(2,3)14-10-27-19-17(14)18(22-11-23-19)25-9-12-8-16(24-26-12)13-6-4-5-7-15(13)21/h4-8,10-11H,9H2,1-3H3. The van der Waals surface area contributed by atoms with Crippen LogP contribution >= 0.6 is 22.9 Å². The van der Waals surface area contributed by atoms with Crippen molar-refractivity contribution in [3.8, 4) is 17.1 Å². The normalized spacial score (nSPS) is 11.9. The third-order valence-electron chi connectivity index (χ3n) is 4.20. The van der Waals surface area contributed by atoms with Crippen molar-refractivity contribution in [3.05, 3.63) is 58.4 Å². The van der Waals surface area contributed by atoms with Crippen LogP contribution in [0.4, 0.5) is 0 Å². The predicted molar refractivity (Wildman–Crippen MR) is 107 cm³/mol. The molecular weight excluding hydrogens is 382 g/mol. The summed E-state index contributed by atoms with van der Waals surface area (Å²) in [6, 6.07) is 9.35. The predicted octanol–water partition coefficient (Wildman–Crippen LogP) is 5.88. The van der Waals surface area contributed by atoms with Crippen molar-refractivity contribution in [1.29, 1.82) is 0 Å². The molecule has 27 heavy (non-hydrogen) atoms. The molecule has 3 aromatic heterocycles. The molecule has 5 nitrogen and oxygen atoms in total. The molecule has 0 atom stereocenters. The van der Waals surface area contributed by atoms with E-state index in [0.29, 0.717) is 22.4 Å². The van der Waals surface area contributed by atoms with E-state index in [0.717, 1.165) is 15.8 Å². The summed E-state index contributed by atoms with van der Waals surface area (Å²) in [6.07, 6.45) is 1.52. The van der Waals surface area contributed by atoms with Gasteiger partial charge in [0.25, 0.3) is 0 Å². The molecule has 0 N–H and O–H groups in total. The Labute approximate surface area is 166 Å². The molecule has 0 fully saturated rings. The molecule has 0 spiro atoms. The third-order valence-corrected chi connectivity index (χ3v) is 5.42. The Kier molecular flexibility index (Phi) is 4.61. The Morgan fingerprint density at radius 1 is 1.19 bits per heavy atom. The van der Waals surface area contributed by atoms with Crippen molar-refractivity contribution in [2.45, 2.75) is 32.8 Å². The molecule has 0 saturated carbocycles. The van der Waals surface area contributed by atoms with Crippen molar-refractivity contribution < 1.29 is 9.26 Å². The van der Waals surface area contributed by atoms with Crippen molar-refractivity contribution >= 4 is 33.2 Å². The minimum absolute atomic E-state index is 0.0233. The lowest BCUT2D eigenvalue weighted by atomic mass is 9.87. The van der Waals surface area contributed by atoms with Crippen LogP contribution in [-0.4, -0.2) is 15.1 Å². The zero-order chi connectivity index (χ0) is 19.0. The van der Waals surface area contributed by atoms with Gasteiger partial charge in [-0.1, -0.05) is 55.7 Å². The molecule has 4 aromatic rings. The van der Waals surface area contributed by atoms with Gasteiger partial charge < -0.3 is 9.26 Å². The highest BCUT2D eigenvalue weighted by Crippen LogP contribution is 2.38. The van der Waals surface area contributed by atoms with Crippen LogP contribution in [0.25, 0.3) is 21.5 Å². The van der Waals surface area contributed by atoms with Crippen molar-refractivity contribution in [1.82, 2.24) is 15.1 Å². The SMILES string of the molecule is CC(C)(C)c1csc2ncnc(OCc3cc(-c4ccccc4Cl)no3)c12. The Bertz CT molecular complexity index is 1100. The minimum Gasteiger partial charge on any atom is -0.469 e. The fraction of sp³-hybridized carbons (Fsp3) is 0.250. The number of aromatic nitrogens is 3. The summed E-state index contributed by atoms with van der Waals surface area (Å²) in [4.78, 5) is 9.62. The maximum atomic E-state index is 6.23.